The predicted octanol–water partition coefficient (Wildman–Crippen LogP) is 2.73. The Kier molecular flexibility index (Phi) is 4.34. The molecule has 1 aliphatic rings. The highest BCUT2D eigenvalue weighted by molar-refractivity contribution is 6.13. The number of amides is 2. The van der Waals surface area contributed by atoms with Gasteiger partial charge in [0.25, 0.3) is 0 Å². The van der Waals surface area contributed by atoms with Gasteiger partial charge in [-0.2, -0.15) is 0 Å². The quantitative estimate of drug-likeness (QED) is 0.831. The Labute approximate surface area is 141 Å². The summed E-state index contributed by atoms with van der Waals surface area (Å²) in [6.07, 6.45) is 4.56. The maximum Gasteiger partial charge on any atom is 0.240 e. The zero-order chi connectivity index (χ0) is 17.2. The third kappa shape index (κ3) is 3.30. The first-order valence-corrected chi connectivity index (χ1v) is 8.07. The van der Waals surface area contributed by atoms with Gasteiger partial charge in [0.05, 0.1) is 0 Å². The minimum absolute atomic E-state index is 0.214. The van der Waals surface area contributed by atoms with Gasteiger partial charge in [0.2, 0.25) is 11.8 Å². The topological polar surface area (TPSA) is 71.1 Å². The van der Waals surface area contributed by atoms with Crippen molar-refractivity contribution in [3.63, 3.8) is 0 Å². The van der Waals surface area contributed by atoms with Crippen LogP contribution >= 0.6 is 0 Å². The highest BCUT2D eigenvalue weighted by atomic mass is 16.2. The van der Waals surface area contributed by atoms with Gasteiger partial charge in [0.1, 0.15) is 5.41 Å². The summed E-state index contributed by atoms with van der Waals surface area (Å²) < 4.78 is 0. The van der Waals surface area contributed by atoms with Crippen molar-refractivity contribution in [2.45, 2.75) is 33.2 Å². The Morgan fingerprint density at radius 2 is 1.96 bits per heavy atom. The van der Waals surface area contributed by atoms with Crippen molar-refractivity contribution in [3.8, 4) is 0 Å². The van der Waals surface area contributed by atoms with E-state index in [-0.39, 0.29) is 11.8 Å². The number of aryl methyl sites for hydroxylation is 2. The number of nitrogens with one attached hydrogen (secondary N) is 2. The molecule has 0 atom stereocenters. The summed E-state index contributed by atoms with van der Waals surface area (Å²) in [4.78, 5) is 29.1. The van der Waals surface area contributed by atoms with E-state index in [1.807, 2.05) is 44.2 Å². The maximum atomic E-state index is 12.6. The van der Waals surface area contributed by atoms with Crippen LogP contribution in [0.3, 0.4) is 0 Å². The van der Waals surface area contributed by atoms with E-state index < -0.39 is 5.41 Å². The molecule has 2 amide bonds. The van der Waals surface area contributed by atoms with E-state index in [4.69, 9.17) is 0 Å². The van der Waals surface area contributed by atoms with Gasteiger partial charge in [0.15, 0.2) is 0 Å². The molecule has 1 aliphatic carbocycles. The summed E-state index contributed by atoms with van der Waals surface area (Å²) in [7, 11) is 0. The van der Waals surface area contributed by atoms with Crippen LogP contribution < -0.4 is 10.6 Å². The molecule has 1 fully saturated rings. The van der Waals surface area contributed by atoms with E-state index in [1.165, 1.54) is 0 Å². The van der Waals surface area contributed by atoms with E-state index in [0.717, 1.165) is 22.4 Å². The largest absolute Gasteiger partial charge is 0.351 e. The number of nitrogens with zero attached hydrogens (tertiary/aromatic N) is 1. The first kappa shape index (κ1) is 16.2. The van der Waals surface area contributed by atoms with Gasteiger partial charge < -0.3 is 10.6 Å². The molecule has 1 heterocycles. The lowest BCUT2D eigenvalue weighted by molar-refractivity contribution is -0.134. The van der Waals surface area contributed by atoms with E-state index in [2.05, 4.69) is 15.6 Å². The van der Waals surface area contributed by atoms with Crippen LogP contribution in [0.5, 0.6) is 0 Å². The summed E-state index contributed by atoms with van der Waals surface area (Å²) in [5.74, 6) is -0.438. The van der Waals surface area contributed by atoms with Crippen LogP contribution in [0, 0.1) is 19.3 Å². The van der Waals surface area contributed by atoms with Crippen LogP contribution in [-0.2, 0) is 16.1 Å². The lowest BCUT2D eigenvalue weighted by Gasteiger charge is -2.16. The first-order valence-electron chi connectivity index (χ1n) is 8.07. The molecule has 0 unspecified atom stereocenters. The van der Waals surface area contributed by atoms with Crippen molar-refractivity contribution in [3.05, 3.63) is 59.4 Å². The Balaban J connectivity index is 1.64. The number of hydrogen-bond donors (Lipinski definition) is 2. The van der Waals surface area contributed by atoms with Crippen LogP contribution in [0.15, 0.2) is 42.7 Å². The molecule has 24 heavy (non-hydrogen) atoms. The van der Waals surface area contributed by atoms with Crippen molar-refractivity contribution in [2.24, 2.45) is 5.41 Å². The molecule has 2 N–H and O–H groups in total. The summed E-state index contributed by atoms with van der Waals surface area (Å²) in [6.45, 7) is 4.34. The van der Waals surface area contributed by atoms with Crippen molar-refractivity contribution >= 4 is 17.5 Å². The number of benzene rings is 1. The number of carbonyl (C=O) groups is 2. The molecule has 0 radical (unpaired) electrons. The van der Waals surface area contributed by atoms with Crippen LogP contribution in [-0.4, -0.2) is 16.8 Å². The lowest BCUT2D eigenvalue weighted by Crippen LogP contribution is -2.39. The molecule has 5 nitrogen and oxygen atoms in total. The molecule has 124 valence electrons. The third-order valence-electron chi connectivity index (χ3n) is 4.43. The number of carbonyl (C=O) groups excluding carboxylic acids is 2. The minimum Gasteiger partial charge on any atom is -0.351 e. The van der Waals surface area contributed by atoms with Gasteiger partial charge in [0, 0.05) is 24.6 Å². The molecule has 1 aromatic carbocycles. The first-order chi connectivity index (χ1) is 11.5. The number of hydrogen-bond acceptors (Lipinski definition) is 3. The second kappa shape index (κ2) is 6.43. The number of rotatable bonds is 5. The molecule has 0 bridgehead atoms. The average molecular weight is 323 g/mol. The molecule has 0 aliphatic heterocycles. The van der Waals surface area contributed by atoms with Crippen molar-refractivity contribution in [2.75, 3.05) is 5.32 Å². The van der Waals surface area contributed by atoms with Crippen molar-refractivity contribution in [1.29, 1.82) is 0 Å². The fraction of sp³-hybridized carbons (Fsp3) is 0.316. The fourth-order valence-corrected chi connectivity index (χ4v) is 2.73. The molecule has 1 saturated carbocycles. The normalized spacial score (nSPS) is 14.8. The van der Waals surface area contributed by atoms with Gasteiger partial charge in [-0.1, -0.05) is 23.8 Å². The van der Waals surface area contributed by atoms with E-state index >= 15 is 0 Å². The molecule has 5 heteroatoms. The van der Waals surface area contributed by atoms with Crippen LogP contribution in [0.1, 0.15) is 29.5 Å². The fourth-order valence-electron chi connectivity index (χ4n) is 2.73. The Hall–Kier alpha value is -2.69. The lowest BCUT2D eigenvalue weighted by atomic mass is 10.0. The highest BCUT2D eigenvalue weighted by Crippen LogP contribution is 2.47. The van der Waals surface area contributed by atoms with Crippen LogP contribution in [0.4, 0.5) is 5.69 Å². The Bertz CT molecular complexity index is 767. The molecule has 3 rings (SSSR count). The Morgan fingerprint density at radius 3 is 2.58 bits per heavy atom. The SMILES string of the molecule is Cc1ccc(NC(=O)C2(C(=O)NCc3cccnc3)CC2)c(C)c1. The monoisotopic (exact) mass is 323 g/mol. The van der Waals surface area contributed by atoms with E-state index in [1.54, 1.807) is 12.4 Å². The van der Waals surface area contributed by atoms with Gasteiger partial charge in [-0.05, 0) is 49.9 Å². The molecular weight excluding hydrogens is 302 g/mol. The molecular formula is C19H21N3O2. The maximum absolute atomic E-state index is 12.6. The third-order valence-corrected chi connectivity index (χ3v) is 4.43. The van der Waals surface area contributed by atoms with Crippen molar-refractivity contribution in [1.82, 2.24) is 10.3 Å². The standard InChI is InChI=1S/C19H21N3O2/c1-13-5-6-16(14(2)10-13)22-18(24)19(7-8-19)17(23)21-12-15-4-3-9-20-11-15/h3-6,9-11H,7-8,12H2,1-2H3,(H,21,23)(H,22,24). The zero-order valence-corrected chi connectivity index (χ0v) is 13.9. The summed E-state index contributed by atoms with van der Waals surface area (Å²) in [5.41, 5.74) is 2.88. The molecule has 0 saturated heterocycles. The smallest absolute Gasteiger partial charge is 0.240 e. The zero-order valence-electron chi connectivity index (χ0n) is 13.9. The number of aromatic nitrogens is 1. The average Bonchev–Trinajstić information content (AvgIpc) is 3.38. The van der Waals surface area contributed by atoms with E-state index in [9.17, 15) is 9.59 Å². The Morgan fingerprint density at radius 1 is 1.17 bits per heavy atom. The minimum atomic E-state index is -0.931. The number of pyridine rings is 1. The molecule has 1 aromatic heterocycles. The second-order valence-electron chi connectivity index (χ2n) is 6.40. The van der Waals surface area contributed by atoms with E-state index in [0.29, 0.717) is 19.4 Å². The molecule has 2 aromatic rings. The highest BCUT2D eigenvalue weighted by Gasteiger charge is 2.56. The number of anilines is 1. The van der Waals surface area contributed by atoms with Gasteiger partial charge in [-0.15, -0.1) is 0 Å². The summed E-state index contributed by atoms with van der Waals surface area (Å²) >= 11 is 0. The summed E-state index contributed by atoms with van der Waals surface area (Å²) in [6, 6.07) is 9.55. The van der Waals surface area contributed by atoms with Gasteiger partial charge in [-0.3, -0.25) is 14.6 Å². The van der Waals surface area contributed by atoms with Gasteiger partial charge >= 0.3 is 0 Å². The van der Waals surface area contributed by atoms with Crippen LogP contribution in [0.25, 0.3) is 0 Å². The summed E-state index contributed by atoms with van der Waals surface area (Å²) in [5, 5.41) is 5.76. The second-order valence-corrected chi connectivity index (χ2v) is 6.40. The molecule has 0 spiro atoms. The van der Waals surface area contributed by atoms with Crippen molar-refractivity contribution < 1.29 is 9.59 Å². The van der Waals surface area contributed by atoms with Crippen LogP contribution in [0.2, 0.25) is 0 Å². The van der Waals surface area contributed by atoms with Gasteiger partial charge in [-0.25, -0.2) is 0 Å². The predicted molar refractivity (Wildman–Crippen MR) is 92.3 cm³/mol.